The van der Waals surface area contributed by atoms with E-state index < -0.39 is 0 Å². The smallest absolute Gasteiger partial charge is 0.258 e. The molecule has 4 rings (SSSR count). The Morgan fingerprint density at radius 1 is 1.00 bits per heavy atom. The number of hydrogen-bond donors (Lipinski definition) is 0. The van der Waals surface area contributed by atoms with Gasteiger partial charge in [0.05, 0.1) is 5.75 Å². The van der Waals surface area contributed by atoms with Gasteiger partial charge in [-0.2, -0.15) is 4.98 Å². The summed E-state index contributed by atoms with van der Waals surface area (Å²) in [4.78, 5) is 4.53. The maximum absolute atomic E-state index is 5.45. The molecule has 4 aromatic rings. The lowest BCUT2D eigenvalue weighted by molar-refractivity contribution is 0.425. The number of thioether (sulfide) groups is 1. The molecule has 0 bridgehead atoms. The highest BCUT2D eigenvalue weighted by Crippen LogP contribution is 2.28. The van der Waals surface area contributed by atoms with Gasteiger partial charge in [-0.15, -0.1) is 10.2 Å². The second-order valence-electron chi connectivity index (χ2n) is 8.31. The largest absolute Gasteiger partial charge is 0.334 e. The topological polar surface area (TPSA) is 69.6 Å². The van der Waals surface area contributed by atoms with E-state index in [1.54, 1.807) is 11.8 Å². The third kappa shape index (κ3) is 4.16. The van der Waals surface area contributed by atoms with Crippen molar-refractivity contribution < 1.29 is 4.52 Å². The Morgan fingerprint density at radius 3 is 2.43 bits per heavy atom. The molecular formula is C23H25N5OS. The molecule has 0 fully saturated rings. The Balaban J connectivity index is 1.47. The van der Waals surface area contributed by atoms with Crippen molar-refractivity contribution in [2.45, 2.75) is 44.0 Å². The van der Waals surface area contributed by atoms with Crippen LogP contribution in [0.25, 0.3) is 22.8 Å². The van der Waals surface area contributed by atoms with Crippen LogP contribution in [0.5, 0.6) is 0 Å². The third-order valence-electron chi connectivity index (χ3n) is 5.02. The van der Waals surface area contributed by atoms with Crippen molar-refractivity contribution in [2.75, 3.05) is 0 Å². The summed E-state index contributed by atoms with van der Waals surface area (Å²) in [5.74, 6) is 2.58. The van der Waals surface area contributed by atoms with Crippen molar-refractivity contribution in [3.8, 4) is 22.8 Å². The third-order valence-corrected chi connectivity index (χ3v) is 6.03. The van der Waals surface area contributed by atoms with Crippen LogP contribution in [-0.2, 0) is 18.2 Å². The summed E-state index contributed by atoms with van der Waals surface area (Å²) in [6.07, 6.45) is 0. The van der Waals surface area contributed by atoms with E-state index in [1.807, 2.05) is 42.8 Å². The Kier molecular flexibility index (Phi) is 5.47. The van der Waals surface area contributed by atoms with E-state index in [2.05, 4.69) is 65.4 Å². The van der Waals surface area contributed by atoms with E-state index in [0.717, 1.165) is 27.7 Å². The highest BCUT2D eigenvalue weighted by atomic mass is 32.2. The summed E-state index contributed by atoms with van der Waals surface area (Å²) in [5, 5.41) is 13.7. The molecule has 0 saturated heterocycles. The number of benzene rings is 2. The zero-order valence-corrected chi connectivity index (χ0v) is 18.7. The predicted octanol–water partition coefficient (Wildman–Crippen LogP) is 5.43. The standard InChI is InChI=1S/C23H25N5OS/c1-15-8-6-7-9-18(15)21-24-19(27-29-21)14-30-22-26-25-20(28(22)5)16-10-12-17(13-11-16)23(2,3)4/h6-13H,14H2,1-5H3. The molecule has 2 aromatic carbocycles. The van der Waals surface area contributed by atoms with Crippen LogP contribution in [0.3, 0.4) is 0 Å². The normalized spacial score (nSPS) is 11.8. The Bertz CT molecular complexity index is 1160. The van der Waals surface area contributed by atoms with Gasteiger partial charge in [-0.1, -0.05) is 80.2 Å². The second kappa shape index (κ2) is 8.07. The quantitative estimate of drug-likeness (QED) is 0.402. The SMILES string of the molecule is Cc1ccccc1-c1nc(CSc2nnc(-c3ccc(C(C)(C)C)cc3)n2C)no1. The molecule has 2 heterocycles. The first kappa shape index (κ1) is 20.3. The number of nitrogens with zero attached hydrogens (tertiary/aromatic N) is 5. The summed E-state index contributed by atoms with van der Waals surface area (Å²) in [5.41, 5.74) is 4.54. The molecule has 0 saturated carbocycles. The summed E-state index contributed by atoms with van der Waals surface area (Å²) in [7, 11) is 1.98. The van der Waals surface area contributed by atoms with Crippen LogP contribution in [0, 0.1) is 6.92 Å². The van der Waals surface area contributed by atoms with Crippen LogP contribution < -0.4 is 0 Å². The monoisotopic (exact) mass is 419 g/mol. The lowest BCUT2D eigenvalue weighted by Gasteiger charge is -2.19. The molecule has 0 aliphatic heterocycles. The fraction of sp³-hybridized carbons (Fsp3) is 0.304. The minimum absolute atomic E-state index is 0.126. The molecule has 6 nitrogen and oxygen atoms in total. The molecule has 0 amide bonds. The number of aromatic nitrogens is 5. The van der Waals surface area contributed by atoms with Crippen LogP contribution >= 0.6 is 11.8 Å². The van der Waals surface area contributed by atoms with Crippen LogP contribution in [0.4, 0.5) is 0 Å². The van der Waals surface area contributed by atoms with Gasteiger partial charge >= 0.3 is 0 Å². The van der Waals surface area contributed by atoms with Gasteiger partial charge in [0.1, 0.15) is 0 Å². The number of rotatable bonds is 5. The average Bonchev–Trinajstić information content (AvgIpc) is 3.33. The minimum Gasteiger partial charge on any atom is -0.334 e. The summed E-state index contributed by atoms with van der Waals surface area (Å²) >= 11 is 1.54. The maximum atomic E-state index is 5.45. The van der Waals surface area contributed by atoms with E-state index in [-0.39, 0.29) is 5.41 Å². The van der Waals surface area contributed by atoms with E-state index >= 15 is 0 Å². The van der Waals surface area contributed by atoms with Gasteiger partial charge in [0.2, 0.25) is 0 Å². The van der Waals surface area contributed by atoms with Crippen molar-refractivity contribution >= 4 is 11.8 Å². The molecule has 0 aliphatic carbocycles. The van der Waals surface area contributed by atoms with Gasteiger partial charge in [-0.05, 0) is 29.5 Å². The van der Waals surface area contributed by atoms with Crippen molar-refractivity contribution in [3.05, 3.63) is 65.5 Å². The average molecular weight is 420 g/mol. The summed E-state index contributed by atoms with van der Waals surface area (Å²) in [6, 6.07) is 16.5. The van der Waals surface area contributed by atoms with Crippen LogP contribution in [0.15, 0.2) is 58.2 Å². The molecule has 0 atom stereocenters. The fourth-order valence-electron chi connectivity index (χ4n) is 3.18. The number of hydrogen-bond acceptors (Lipinski definition) is 6. The first-order valence-corrected chi connectivity index (χ1v) is 10.8. The zero-order chi connectivity index (χ0) is 21.3. The van der Waals surface area contributed by atoms with Crippen molar-refractivity contribution in [3.63, 3.8) is 0 Å². The van der Waals surface area contributed by atoms with Gasteiger partial charge in [0, 0.05) is 18.2 Å². The highest BCUT2D eigenvalue weighted by Gasteiger charge is 2.17. The molecule has 7 heteroatoms. The Morgan fingerprint density at radius 2 is 1.73 bits per heavy atom. The first-order valence-electron chi connectivity index (χ1n) is 9.84. The predicted molar refractivity (Wildman–Crippen MR) is 119 cm³/mol. The van der Waals surface area contributed by atoms with Gasteiger partial charge < -0.3 is 9.09 Å². The van der Waals surface area contributed by atoms with Gasteiger partial charge in [-0.25, -0.2) is 0 Å². The molecule has 0 unspecified atom stereocenters. The Hall–Kier alpha value is -2.93. The summed E-state index contributed by atoms with van der Waals surface area (Å²) in [6.45, 7) is 8.66. The zero-order valence-electron chi connectivity index (χ0n) is 17.9. The molecule has 2 aromatic heterocycles. The van der Waals surface area contributed by atoms with Crippen molar-refractivity contribution in [2.24, 2.45) is 7.05 Å². The summed E-state index contributed by atoms with van der Waals surface area (Å²) < 4.78 is 7.45. The molecule has 0 aliphatic rings. The maximum Gasteiger partial charge on any atom is 0.258 e. The fourth-order valence-corrected chi connectivity index (χ4v) is 3.93. The van der Waals surface area contributed by atoms with E-state index in [4.69, 9.17) is 4.52 Å². The lowest BCUT2D eigenvalue weighted by Crippen LogP contribution is -2.10. The van der Waals surface area contributed by atoms with E-state index in [1.165, 1.54) is 5.56 Å². The van der Waals surface area contributed by atoms with Crippen molar-refractivity contribution in [1.29, 1.82) is 0 Å². The molecule has 30 heavy (non-hydrogen) atoms. The highest BCUT2D eigenvalue weighted by molar-refractivity contribution is 7.98. The minimum atomic E-state index is 0.126. The van der Waals surface area contributed by atoms with Crippen LogP contribution in [0.2, 0.25) is 0 Å². The molecular weight excluding hydrogens is 394 g/mol. The Labute approximate surface area is 180 Å². The molecule has 154 valence electrons. The number of aryl methyl sites for hydroxylation is 1. The molecule has 0 N–H and O–H groups in total. The second-order valence-corrected chi connectivity index (χ2v) is 9.25. The van der Waals surface area contributed by atoms with Gasteiger partial charge in [0.15, 0.2) is 16.8 Å². The molecule has 0 radical (unpaired) electrons. The van der Waals surface area contributed by atoms with Crippen molar-refractivity contribution in [1.82, 2.24) is 24.9 Å². The van der Waals surface area contributed by atoms with E-state index in [0.29, 0.717) is 17.5 Å². The van der Waals surface area contributed by atoms with Crippen LogP contribution in [-0.4, -0.2) is 24.9 Å². The van der Waals surface area contributed by atoms with E-state index in [9.17, 15) is 0 Å². The van der Waals surface area contributed by atoms with Gasteiger partial charge in [0.25, 0.3) is 5.89 Å². The van der Waals surface area contributed by atoms with Gasteiger partial charge in [-0.3, -0.25) is 0 Å². The lowest BCUT2D eigenvalue weighted by atomic mass is 9.87. The van der Waals surface area contributed by atoms with Crippen LogP contribution in [0.1, 0.15) is 37.7 Å². The first-order chi connectivity index (χ1) is 14.3. The molecule has 0 spiro atoms.